The van der Waals surface area contributed by atoms with Crippen LogP contribution >= 0.6 is 0 Å². The predicted octanol–water partition coefficient (Wildman–Crippen LogP) is 3.38. The lowest BCUT2D eigenvalue weighted by atomic mass is 9.84. The third-order valence-corrected chi connectivity index (χ3v) is 5.30. The normalized spacial score (nSPS) is 17.3. The van der Waals surface area contributed by atoms with Gasteiger partial charge in [0.2, 0.25) is 0 Å². The molecule has 0 saturated carbocycles. The monoisotopic (exact) mass is 372 g/mol. The summed E-state index contributed by atoms with van der Waals surface area (Å²) in [6, 6.07) is 12.9. The fourth-order valence-corrected chi connectivity index (χ4v) is 3.84. The molecule has 0 radical (unpaired) electrons. The maximum atomic E-state index is 14.1. The van der Waals surface area contributed by atoms with Crippen LogP contribution in [0, 0.1) is 5.82 Å². The van der Waals surface area contributed by atoms with Gasteiger partial charge in [0.15, 0.2) is 0 Å². The molecule has 0 aromatic heterocycles. The maximum Gasteiger partial charge on any atom is 0.129 e. The van der Waals surface area contributed by atoms with Crippen LogP contribution in [0.2, 0.25) is 0 Å². The predicted molar refractivity (Wildman–Crippen MR) is 105 cm³/mol. The summed E-state index contributed by atoms with van der Waals surface area (Å²) in [5, 5.41) is 10.9. The average Bonchev–Trinajstić information content (AvgIpc) is 2.64. The molecule has 1 fully saturated rings. The third kappa shape index (κ3) is 4.67. The zero-order chi connectivity index (χ0) is 19.4. The Hall–Kier alpha value is -1.95. The van der Waals surface area contributed by atoms with E-state index in [1.165, 1.54) is 17.2 Å². The highest BCUT2D eigenvalue weighted by molar-refractivity contribution is 5.37. The summed E-state index contributed by atoms with van der Waals surface area (Å²) >= 11 is 0. The second-order valence-corrected chi connectivity index (χ2v) is 7.67. The van der Waals surface area contributed by atoms with E-state index in [1.54, 1.807) is 25.3 Å². The van der Waals surface area contributed by atoms with Crippen molar-refractivity contribution in [3.05, 3.63) is 65.0 Å². The minimum Gasteiger partial charge on any atom is -0.496 e. The smallest absolute Gasteiger partial charge is 0.129 e. The van der Waals surface area contributed by atoms with Crippen LogP contribution in [0.25, 0.3) is 0 Å². The molecule has 4 nitrogen and oxygen atoms in total. The minimum atomic E-state index is -1.07. The zero-order valence-electron chi connectivity index (χ0n) is 16.4. The Kier molecular flexibility index (Phi) is 6.15. The van der Waals surface area contributed by atoms with Crippen LogP contribution in [0.3, 0.4) is 0 Å². The molecule has 1 heterocycles. The standard InChI is InChI=1S/C22H29FN2O2/c1-24(2)16-18-14-17(8-9-21(18)27-3)15-25-12-10-22(26,11-13-25)19-6-4-5-7-20(19)23/h4-9,14,26H,10-13,15-16H2,1-3H3. The van der Waals surface area contributed by atoms with Gasteiger partial charge in [-0.1, -0.05) is 24.3 Å². The number of likely N-dealkylation sites (tertiary alicyclic amines) is 1. The van der Waals surface area contributed by atoms with Crippen molar-refractivity contribution >= 4 is 0 Å². The molecular formula is C22H29FN2O2. The second kappa shape index (κ2) is 8.38. The molecule has 0 bridgehead atoms. The summed E-state index contributed by atoms with van der Waals surface area (Å²) < 4.78 is 19.6. The number of benzene rings is 2. The van der Waals surface area contributed by atoms with E-state index in [9.17, 15) is 9.50 Å². The molecule has 1 saturated heterocycles. The number of ether oxygens (including phenoxy) is 1. The Morgan fingerprint density at radius 1 is 1.15 bits per heavy atom. The fourth-order valence-electron chi connectivity index (χ4n) is 3.84. The Morgan fingerprint density at radius 2 is 1.85 bits per heavy atom. The molecule has 2 aromatic carbocycles. The molecule has 0 spiro atoms. The third-order valence-electron chi connectivity index (χ3n) is 5.30. The first-order valence-electron chi connectivity index (χ1n) is 9.41. The van der Waals surface area contributed by atoms with E-state index in [4.69, 9.17) is 4.74 Å². The van der Waals surface area contributed by atoms with Gasteiger partial charge in [-0.3, -0.25) is 4.90 Å². The Morgan fingerprint density at radius 3 is 2.48 bits per heavy atom. The molecular weight excluding hydrogens is 343 g/mol. The average molecular weight is 372 g/mol. The molecule has 2 aromatic rings. The van der Waals surface area contributed by atoms with Crippen molar-refractivity contribution in [3.8, 4) is 5.75 Å². The topological polar surface area (TPSA) is 35.9 Å². The number of aliphatic hydroxyl groups is 1. The minimum absolute atomic E-state index is 0.322. The van der Waals surface area contributed by atoms with Crippen LogP contribution in [-0.4, -0.2) is 49.2 Å². The van der Waals surface area contributed by atoms with Gasteiger partial charge in [-0.15, -0.1) is 0 Å². The summed E-state index contributed by atoms with van der Waals surface area (Å²) in [6.45, 7) is 3.11. The first kappa shape index (κ1) is 19.8. The number of piperidine rings is 1. The van der Waals surface area contributed by atoms with Crippen molar-refractivity contribution in [2.24, 2.45) is 0 Å². The van der Waals surface area contributed by atoms with Crippen molar-refractivity contribution in [3.63, 3.8) is 0 Å². The largest absolute Gasteiger partial charge is 0.496 e. The summed E-state index contributed by atoms with van der Waals surface area (Å²) in [6.07, 6.45) is 1.07. The second-order valence-electron chi connectivity index (χ2n) is 7.67. The van der Waals surface area contributed by atoms with Gasteiger partial charge in [-0.2, -0.15) is 0 Å². The van der Waals surface area contributed by atoms with Crippen molar-refractivity contribution in [2.45, 2.75) is 31.5 Å². The summed E-state index contributed by atoms with van der Waals surface area (Å²) in [4.78, 5) is 4.44. The van der Waals surface area contributed by atoms with Crippen LogP contribution in [0.15, 0.2) is 42.5 Å². The summed E-state index contributed by atoms with van der Waals surface area (Å²) in [7, 11) is 5.78. The van der Waals surface area contributed by atoms with E-state index < -0.39 is 5.60 Å². The van der Waals surface area contributed by atoms with Crippen LogP contribution in [-0.2, 0) is 18.7 Å². The number of hydrogen-bond acceptors (Lipinski definition) is 4. The van der Waals surface area contributed by atoms with E-state index in [0.717, 1.165) is 31.9 Å². The highest BCUT2D eigenvalue weighted by Crippen LogP contribution is 2.34. The summed E-state index contributed by atoms with van der Waals surface area (Å²) in [5.74, 6) is 0.581. The summed E-state index contributed by atoms with van der Waals surface area (Å²) in [5.41, 5.74) is 1.74. The lowest BCUT2D eigenvalue weighted by Crippen LogP contribution is -2.42. The van der Waals surface area contributed by atoms with Gasteiger partial charge in [0.1, 0.15) is 11.6 Å². The van der Waals surface area contributed by atoms with Crippen molar-refractivity contribution in [1.82, 2.24) is 9.80 Å². The number of halogens is 1. The van der Waals surface area contributed by atoms with Gasteiger partial charge in [0.25, 0.3) is 0 Å². The van der Waals surface area contributed by atoms with E-state index in [1.807, 2.05) is 20.2 Å². The van der Waals surface area contributed by atoms with Crippen LogP contribution in [0.5, 0.6) is 5.75 Å². The molecule has 0 aliphatic carbocycles. The number of rotatable bonds is 6. The first-order chi connectivity index (χ1) is 12.9. The molecule has 27 heavy (non-hydrogen) atoms. The molecule has 0 atom stereocenters. The molecule has 1 N–H and O–H groups in total. The van der Waals surface area contributed by atoms with E-state index >= 15 is 0 Å². The number of methoxy groups -OCH3 is 1. The highest BCUT2D eigenvalue weighted by atomic mass is 19.1. The molecule has 0 unspecified atom stereocenters. The van der Waals surface area contributed by atoms with E-state index in [2.05, 4.69) is 21.9 Å². The van der Waals surface area contributed by atoms with Crippen LogP contribution in [0.1, 0.15) is 29.5 Å². The van der Waals surface area contributed by atoms with Crippen molar-refractivity contribution in [1.29, 1.82) is 0 Å². The van der Waals surface area contributed by atoms with Gasteiger partial charge in [0.05, 0.1) is 12.7 Å². The maximum absolute atomic E-state index is 14.1. The molecule has 0 amide bonds. The van der Waals surface area contributed by atoms with E-state index in [-0.39, 0.29) is 5.82 Å². The first-order valence-corrected chi connectivity index (χ1v) is 9.41. The lowest BCUT2D eigenvalue weighted by molar-refractivity contribution is -0.0302. The van der Waals surface area contributed by atoms with Crippen LogP contribution in [0.4, 0.5) is 4.39 Å². The molecule has 1 aliphatic rings. The van der Waals surface area contributed by atoms with Gasteiger partial charge >= 0.3 is 0 Å². The molecule has 1 aliphatic heterocycles. The zero-order valence-corrected chi connectivity index (χ0v) is 16.4. The number of nitrogens with zero attached hydrogens (tertiary/aromatic N) is 2. The van der Waals surface area contributed by atoms with Gasteiger partial charge in [-0.25, -0.2) is 4.39 Å². The van der Waals surface area contributed by atoms with E-state index in [0.29, 0.717) is 18.4 Å². The van der Waals surface area contributed by atoms with Crippen molar-refractivity contribution in [2.75, 3.05) is 34.3 Å². The highest BCUT2D eigenvalue weighted by Gasteiger charge is 2.35. The van der Waals surface area contributed by atoms with Crippen LogP contribution < -0.4 is 4.74 Å². The Balaban J connectivity index is 1.66. The lowest BCUT2D eigenvalue weighted by Gasteiger charge is -2.38. The fraction of sp³-hybridized carbons (Fsp3) is 0.455. The quantitative estimate of drug-likeness (QED) is 0.843. The van der Waals surface area contributed by atoms with Gasteiger partial charge in [0, 0.05) is 37.3 Å². The molecule has 3 rings (SSSR count). The molecule has 5 heteroatoms. The SMILES string of the molecule is COc1ccc(CN2CCC(O)(c3ccccc3F)CC2)cc1CN(C)C. The number of hydrogen-bond donors (Lipinski definition) is 1. The van der Waals surface area contributed by atoms with Gasteiger partial charge in [-0.05, 0) is 50.7 Å². The Labute approximate surface area is 161 Å². The van der Waals surface area contributed by atoms with Crippen molar-refractivity contribution < 1.29 is 14.2 Å². The molecule has 146 valence electrons. The van der Waals surface area contributed by atoms with Gasteiger partial charge < -0.3 is 14.7 Å². The Bertz CT molecular complexity index is 771.